The van der Waals surface area contributed by atoms with Crippen molar-refractivity contribution in [1.29, 1.82) is 0 Å². The largest absolute Gasteiger partial charge is 0.435 e. The van der Waals surface area contributed by atoms with Gasteiger partial charge in [0.05, 0.1) is 5.69 Å². The molecule has 0 amide bonds. The fourth-order valence-electron chi connectivity index (χ4n) is 2.09. The predicted molar refractivity (Wildman–Crippen MR) is 71.6 cm³/mol. The van der Waals surface area contributed by atoms with Gasteiger partial charge >= 0.3 is 6.61 Å². The number of ether oxygens (including phenoxy) is 1. The zero-order chi connectivity index (χ0) is 14.1. The number of nitrogens with zero attached hydrogens (tertiary/aromatic N) is 2. The average molecular weight is 279 g/mol. The molecule has 0 radical (unpaired) electrons. The van der Waals surface area contributed by atoms with Crippen molar-refractivity contribution in [2.24, 2.45) is 0 Å². The number of rotatable bonds is 5. The molecule has 1 heterocycles. The molecule has 0 unspecified atom stereocenters. The summed E-state index contributed by atoms with van der Waals surface area (Å²) < 4.78 is 30.6. The van der Waals surface area contributed by atoms with Crippen LogP contribution in [0.3, 0.4) is 0 Å². The first-order valence-electron chi connectivity index (χ1n) is 6.49. The molecule has 0 spiro atoms. The number of benzene rings is 1. The minimum atomic E-state index is -2.80. The van der Waals surface area contributed by atoms with E-state index < -0.39 is 6.61 Å². The van der Waals surface area contributed by atoms with Gasteiger partial charge in [-0.25, -0.2) is 4.98 Å². The van der Waals surface area contributed by atoms with Crippen molar-refractivity contribution in [3.63, 3.8) is 0 Å². The highest BCUT2D eigenvalue weighted by Crippen LogP contribution is 2.38. The molecule has 0 aliphatic heterocycles. The standard InChI is InChI=1S/C14H15F2N3O/c1-9-8-19(11-4-5-11)14(17-9)18-10-2-6-12(7-3-10)20-13(15)16/h2-3,6-8,11,13H,4-5H2,1H3,(H,17,18). The quantitative estimate of drug-likeness (QED) is 0.903. The van der Waals surface area contributed by atoms with E-state index in [0.717, 1.165) is 17.3 Å². The molecule has 1 aromatic heterocycles. The van der Waals surface area contributed by atoms with E-state index >= 15 is 0 Å². The smallest absolute Gasteiger partial charge is 0.387 e. The Kier molecular flexibility index (Phi) is 3.30. The third-order valence-corrected chi connectivity index (χ3v) is 3.13. The van der Waals surface area contributed by atoms with Gasteiger partial charge in [-0.1, -0.05) is 0 Å². The van der Waals surface area contributed by atoms with E-state index in [0.29, 0.717) is 6.04 Å². The van der Waals surface area contributed by atoms with Gasteiger partial charge in [0, 0.05) is 17.9 Å². The van der Waals surface area contributed by atoms with Crippen molar-refractivity contribution in [2.45, 2.75) is 32.4 Å². The maximum Gasteiger partial charge on any atom is 0.387 e. The second kappa shape index (κ2) is 5.11. The first-order valence-corrected chi connectivity index (χ1v) is 6.49. The van der Waals surface area contributed by atoms with Gasteiger partial charge in [-0.2, -0.15) is 8.78 Å². The highest BCUT2D eigenvalue weighted by molar-refractivity contribution is 5.55. The monoisotopic (exact) mass is 279 g/mol. The van der Waals surface area contributed by atoms with E-state index in [1.165, 1.54) is 25.0 Å². The van der Waals surface area contributed by atoms with Crippen LogP contribution in [0.15, 0.2) is 30.5 Å². The Balaban J connectivity index is 1.74. The summed E-state index contributed by atoms with van der Waals surface area (Å²) in [5.74, 6) is 0.930. The number of hydrogen-bond donors (Lipinski definition) is 1. The lowest BCUT2D eigenvalue weighted by Gasteiger charge is -2.09. The van der Waals surface area contributed by atoms with Crippen molar-refractivity contribution in [3.05, 3.63) is 36.2 Å². The second-order valence-electron chi connectivity index (χ2n) is 4.87. The minimum Gasteiger partial charge on any atom is -0.435 e. The highest BCUT2D eigenvalue weighted by atomic mass is 19.3. The van der Waals surface area contributed by atoms with Gasteiger partial charge in [-0.05, 0) is 44.0 Å². The van der Waals surface area contributed by atoms with Crippen LogP contribution in [0.5, 0.6) is 5.75 Å². The molecule has 4 nitrogen and oxygen atoms in total. The minimum absolute atomic E-state index is 0.146. The summed E-state index contributed by atoms with van der Waals surface area (Å²) in [6, 6.07) is 6.93. The maximum absolute atomic E-state index is 12.1. The van der Waals surface area contributed by atoms with Gasteiger partial charge in [-0.3, -0.25) is 0 Å². The van der Waals surface area contributed by atoms with E-state index in [-0.39, 0.29) is 5.75 Å². The normalized spacial score (nSPS) is 14.6. The number of imidazole rings is 1. The molecule has 1 aliphatic rings. The molecule has 106 valence electrons. The van der Waals surface area contributed by atoms with Crippen LogP contribution in [0, 0.1) is 6.92 Å². The fraction of sp³-hybridized carbons (Fsp3) is 0.357. The van der Waals surface area contributed by atoms with Crippen LogP contribution in [0.25, 0.3) is 0 Å². The third-order valence-electron chi connectivity index (χ3n) is 3.13. The number of anilines is 2. The molecule has 1 saturated carbocycles. The lowest BCUT2D eigenvalue weighted by molar-refractivity contribution is -0.0498. The Hall–Kier alpha value is -2.11. The van der Waals surface area contributed by atoms with Gasteiger partial charge < -0.3 is 14.6 Å². The molecule has 2 aromatic rings. The molecule has 3 rings (SSSR count). The number of nitrogens with one attached hydrogen (secondary N) is 1. The summed E-state index contributed by atoms with van der Waals surface area (Å²) >= 11 is 0. The molecule has 1 aromatic carbocycles. The molecule has 1 aliphatic carbocycles. The Morgan fingerprint density at radius 3 is 2.60 bits per heavy atom. The Labute approximate surface area is 115 Å². The van der Waals surface area contributed by atoms with Crippen molar-refractivity contribution >= 4 is 11.6 Å². The number of hydrogen-bond acceptors (Lipinski definition) is 3. The molecule has 6 heteroatoms. The molecular formula is C14H15F2N3O. The Morgan fingerprint density at radius 2 is 2.00 bits per heavy atom. The van der Waals surface area contributed by atoms with Crippen LogP contribution >= 0.6 is 0 Å². The SMILES string of the molecule is Cc1cn(C2CC2)c(Nc2ccc(OC(F)F)cc2)n1. The summed E-state index contributed by atoms with van der Waals surface area (Å²) in [5, 5.41) is 3.20. The van der Waals surface area contributed by atoms with E-state index in [2.05, 4.69) is 19.6 Å². The van der Waals surface area contributed by atoms with E-state index in [9.17, 15) is 8.78 Å². The van der Waals surface area contributed by atoms with Crippen LogP contribution in [-0.4, -0.2) is 16.2 Å². The highest BCUT2D eigenvalue weighted by Gasteiger charge is 2.26. The van der Waals surface area contributed by atoms with E-state index in [1.807, 2.05) is 13.1 Å². The van der Waals surface area contributed by atoms with Crippen molar-refractivity contribution < 1.29 is 13.5 Å². The van der Waals surface area contributed by atoms with Gasteiger partial charge in [0.25, 0.3) is 0 Å². The fourth-order valence-corrected chi connectivity index (χ4v) is 2.09. The summed E-state index contributed by atoms with van der Waals surface area (Å²) in [6.07, 6.45) is 4.37. The van der Waals surface area contributed by atoms with E-state index in [1.54, 1.807) is 12.1 Å². The van der Waals surface area contributed by atoms with Gasteiger partial charge in [0.15, 0.2) is 0 Å². The van der Waals surface area contributed by atoms with Gasteiger partial charge in [-0.15, -0.1) is 0 Å². The Bertz CT molecular complexity index is 591. The maximum atomic E-state index is 12.1. The lowest BCUT2D eigenvalue weighted by atomic mass is 10.3. The molecule has 1 N–H and O–H groups in total. The van der Waals surface area contributed by atoms with Gasteiger partial charge in [0.2, 0.25) is 5.95 Å². The number of halogens is 2. The zero-order valence-electron chi connectivity index (χ0n) is 11.0. The molecule has 1 fully saturated rings. The van der Waals surface area contributed by atoms with Crippen LogP contribution in [0.4, 0.5) is 20.4 Å². The third kappa shape index (κ3) is 2.89. The predicted octanol–water partition coefficient (Wildman–Crippen LogP) is 3.87. The summed E-state index contributed by atoms with van der Waals surface area (Å²) in [7, 11) is 0. The lowest BCUT2D eigenvalue weighted by Crippen LogP contribution is -2.03. The van der Waals surface area contributed by atoms with E-state index in [4.69, 9.17) is 0 Å². The van der Waals surface area contributed by atoms with Crippen molar-refractivity contribution in [3.8, 4) is 5.75 Å². The van der Waals surface area contributed by atoms with Gasteiger partial charge in [0.1, 0.15) is 5.75 Å². The zero-order valence-corrected chi connectivity index (χ0v) is 11.0. The van der Waals surface area contributed by atoms with Crippen LogP contribution in [0.1, 0.15) is 24.6 Å². The average Bonchev–Trinajstić information content (AvgIpc) is 3.16. The van der Waals surface area contributed by atoms with Crippen molar-refractivity contribution in [2.75, 3.05) is 5.32 Å². The summed E-state index contributed by atoms with van der Waals surface area (Å²) in [4.78, 5) is 4.44. The first kappa shape index (κ1) is 12.9. The number of aryl methyl sites for hydroxylation is 1. The summed E-state index contributed by atoms with van der Waals surface area (Å²) in [5.41, 5.74) is 1.75. The second-order valence-corrected chi connectivity index (χ2v) is 4.87. The Morgan fingerprint density at radius 1 is 1.30 bits per heavy atom. The number of aromatic nitrogens is 2. The molecular weight excluding hydrogens is 264 g/mol. The molecule has 0 atom stereocenters. The molecule has 20 heavy (non-hydrogen) atoms. The molecule has 0 bridgehead atoms. The summed E-state index contributed by atoms with van der Waals surface area (Å²) in [6.45, 7) is -0.853. The van der Waals surface area contributed by atoms with Crippen LogP contribution in [0.2, 0.25) is 0 Å². The molecule has 0 saturated heterocycles. The topological polar surface area (TPSA) is 39.1 Å². The first-order chi connectivity index (χ1) is 9.61. The van der Waals surface area contributed by atoms with Crippen LogP contribution < -0.4 is 10.1 Å². The van der Waals surface area contributed by atoms with Crippen LogP contribution in [-0.2, 0) is 0 Å². The number of alkyl halides is 2. The van der Waals surface area contributed by atoms with Crippen molar-refractivity contribution in [1.82, 2.24) is 9.55 Å².